The lowest BCUT2D eigenvalue weighted by Gasteiger charge is -2.08. The van der Waals surface area contributed by atoms with E-state index in [9.17, 15) is 9.59 Å². The number of hydrogen-bond donors (Lipinski definition) is 1. The molecule has 0 atom stereocenters. The maximum atomic E-state index is 11.9. The minimum atomic E-state index is -0.213. The van der Waals surface area contributed by atoms with Crippen molar-refractivity contribution in [2.45, 2.75) is 17.9 Å². The van der Waals surface area contributed by atoms with Crippen molar-refractivity contribution >= 4 is 17.7 Å². The molecule has 0 fully saturated rings. The summed E-state index contributed by atoms with van der Waals surface area (Å²) in [6.45, 7) is 0.663. The van der Waals surface area contributed by atoms with E-state index in [1.54, 1.807) is 41.0 Å². The zero-order valence-corrected chi connectivity index (χ0v) is 14.9. The third-order valence-corrected chi connectivity index (χ3v) is 4.59. The van der Waals surface area contributed by atoms with Gasteiger partial charge in [0.15, 0.2) is 5.82 Å². The Hall–Kier alpha value is -2.87. The molecule has 7 nitrogen and oxygen atoms in total. The van der Waals surface area contributed by atoms with Crippen LogP contribution in [0, 0.1) is 0 Å². The minimum Gasteiger partial charge on any atom is -0.354 e. The van der Waals surface area contributed by atoms with Crippen molar-refractivity contribution in [1.29, 1.82) is 0 Å². The Balaban J connectivity index is 1.45. The normalized spacial score (nSPS) is 10.6. The number of carbonyl (C=O) groups excluding carboxylic acids is 1. The first-order chi connectivity index (χ1) is 12.7. The Bertz CT molecular complexity index is 893. The zero-order valence-electron chi connectivity index (χ0n) is 14.1. The van der Waals surface area contributed by atoms with Crippen LogP contribution in [0.5, 0.6) is 0 Å². The highest BCUT2D eigenvalue weighted by atomic mass is 32.2. The van der Waals surface area contributed by atoms with Crippen LogP contribution < -0.4 is 10.9 Å². The van der Waals surface area contributed by atoms with E-state index < -0.39 is 0 Å². The second-order valence-corrected chi connectivity index (χ2v) is 6.63. The van der Waals surface area contributed by atoms with Crippen LogP contribution in [0.15, 0.2) is 70.6 Å². The Morgan fingerprint density at radius 2 is 1.96 bits per heavy atom. The Morgan fingerprint density at radius 3 is 2.73 bits per heavy atom. The molecule has 2 heterocycles. The van der Waals surface area contributed by atoms with Crippen LogP contribution in [-0.2, 0) is 11.3 Å². The molecule has 1 N–H and O–H groups in total. The molecule has 0 aliphatic carbocycles. The number of nitrogens with one attached hydrogen (secondary N) is 1. The van der Waals surface area contributed by atoms with E-state index in [0.717, 1.165) is 4.90 Å². The van der Waals surface area contributed by atoms with Gasteiger partial charge in [0.1, 0.15) is 0 Å². The summed E-state index contributed by atoms with van der Waals surface area (Å²) >= 11 is 1.64. The molecule has 8 heteroatoms. The molecule has 0 bridgehead atoms. The van der Waals surface area contributed by atoms with Crippen LogP contribution >= 0.6 is 11.8 Å². The van der Waals surface area contributed by atoms with E-state index in [1.165, 1.54) is 10.7 Å². The number of amides is 1. The number of carbonyl (C=O) groups is 1. The van der Waals surface area contributed by atoms with Gasteiger partial charge < -0.3 is 5.32 Å². The molecule has 0 aliphatic heterocycles. The van der Waals surface area contributed by atoms with Crippen LogP contribution in [0.4, 0.5) is 0 Å². The predicted molar refractivity (Wildman–Crippen MR) is 100 cm³/mol. The first-order valence-electron chi connectivity index (χ1n) is 8.25. The van der Waals surface area contributed by atoms with Gasteiger partial charge in [-0.1, -0.05) is 18.2 Å². The molecule has 0 unspecified atom stereocenters. The van der Waals surface area contributed by atoms with Crippen molar-refractivity contribution in [2.24, 2.45) is 0 Å². The van der Waals surface area contributed by atoms with Gasteiger partial charge >= 0.3 is 0 Å². The van der Waals surface area contributed by atoms with Gasteiger partial charge in [-0.2, -0.15) is 5.10 Å². The monoisotopic (exact) mass is 369 g/mol. The molecule has 0 spiro atoms. The van der Waals surface area contributed by atoms with Crippen molar-refractivity contribution in [1.82, 2.24) is 24.9 Å². The molecule has 0 saturated heterocycles. The summed E-state index contributed by atoms with van der Waals surface area (Å²) in [5.74, 6) is 1.23. The highest BCUT2D eigenvalue weighted by molar-refractivity contribution is 7.99. The fourth-order valence-corrected chi connectivity index (χ4v) is 3.17. The third kappa shape index (κ3) is 5.06. The van der Waals surface area contributed by atoms with E-state index in [2.05, 4.69) is 15.5 Å². The summed E-state index contributed by atoms with van der Waals surface area (Å²) in [4.78, 5) is 25.0. The molecule has 3 aromatic rings. The highest BCUT2D eigenvalue weighted by Gasteiger charge is 2.05. The van der Waals surface area contributed by atoms with Crippen molar-refractivity contribution in [3.8, 4) is 5.82 Å². The topological polar surface area (TPSA) is 81.8 Å². The standard InChI is InChI=1S/C18H19N5O2S/c24-17(9-14-26-15-5-2-1-3-6-15)19-11-13-23-18(25)8-7-16(21-23)22-12-4-10-20-22/h1-8,10,12H,9,11,13-14H2,(H,19,24). The zero-order chi connectivity index (χ0) is 18.2. The maximum absolute atomic E-state index is 11.9. The predicted octanol–water partition coefficient (Wildman–Crippen LogP) is 1.73. The molecule has 1 amide bonds. The Morgan fingerprint density at radius 1 is 1.12 bits per heavy atom. The largest absolute Gasteiger partial charge is 0.354 e. The summed E-state index contributed by atoms with van der Waals surface area (Å²) in [6, 6.07) is 14.8. The first kappa shape index (κ1) is 17.9. The van der Waals surface area contributed by atoms with E-state index in [-0.39, 0.29) is 11.5 Å². The van der Waals surface area contributed by atoms with E-state index in [1.807, 2.05) is 30.3 Å². The average Bonchev–Trinajstić information content (AvgIpc) is 3.19. The lowest BCUT2D eigenvalue weighted by atomic mass is 10.4. The molecular formula is C18H19N5O2S. The second-order valence-electron chi connectivity index (χ2n) is 5.47. The van der Waals surface area contributed by atoms with Crippen LogP contribution in [0.25, 0.3) is 5.82 Å². The lowest BCUT2D eigenvalue weighted by Crippen LogP contribution is -2.32. The van der Waals surface area contributed by atoms with Gasteiger partial charge in [-0.05, 0) is 24.3 Å². The Kier molecular flexibility index (Phi) is 6.21. The van der Waals surface area contributed by atoms with Gasteiger partial charge in [0.05, 0.1) is 6.54 Å². The fraction of sp³-hybridized carbons (Fsp3) is 0.222. The van der Waals surface area contributed by atoms with Crippen LogP contribution in [0.1, 0.15) is 6.42 Å². The molecular weight excluding hydrogens is 350 g/mol. The van der Waals surface area contributed by atoms with Crippen LogP contribution in [-0.4, -0.2) is 37.8 Å². The maximum Gasteiger partial charge on any atom is 0.266 e. The van der Waals surface area contributed by atoms with Crippen LogP contribution in [0.2, 0.25) is 0 Å². The molecule has 26 heavy (non-hydrogen) atoms. The summed E-state index contributed by atoms with van der Waals surface area (Å²) in [7, 11) is 0. The average molecular weight is 369 g/mol. The van der Waals surface area contributed by atoms with Crippen molar-refractivity contribution < 1.29 is 4.79 Å². The number of thioether (sulfide) groups is 1. The number of nitrogens with zero attached hydrogens (tertiary/aromatic N) is 4. The molecule has 3 rings (SSSR count). The quantitative estimate of drug-likeness (QED) is 0.612. The van der Waals surface area contributed by atoms with Gasteiger partial charge in [0, 0.05) is 42.1 Å². The van der Waals surface area contributed by atoms with Gasteiger partial charge in [-0.15, -0.1) is 16.9 Å². The van der Waals surface area contributed by atoms with Gasteiger partial charge in [-0.25, -0.2) is 9.36 Å². The smallest absolute Gasteiger partial charge is 0.266 e. The summed E-state index contributed by atoms with van der Waals surface area (Å²) in [6.07, 6.45) is 3.82. The van der Waals surface area contributed by atoms with Gasteiger partial charge in [-0.3, -0.25) is 9.59 Å². The molecule has 0 aliphatic rings. The van der Waals surface area contributed by atoms with Gasteiger partial charge in [0.25, 0.3) is 5.56 Å². The van der Waals surface area contributed by atoms with E-state index >= 15 is 0 Å². The highest BCUT2D eigenvalue weighted by Crippen LogP contribution is 2.17. The molecule has 1 aromatic carbocycles. The minimum absolute atomic E-state index is 0.0373. The van der Waals surface area contributed by atoms with Crippen molar-refractivity contribution in [2.75, 3.05) is 12.3 Å². The first-order valence-corrected chi connectivity index (χ1v) is 9.24. The number of rotatable bonds is 8. The second kappa shape index (κ2) is 9.00. The number of benzene rings is 1. The van der Waals surface area contributed by atoms with Crippen molar-refractivity contribution in [3.63, 3.8) is 0 Å². The fourth-order valence-electron chi connectivity index (χ4n) is 2.29. The Labute approximate surface area is 155 Å². The number of hydrogen-bond acceptors (Lipinski definition) is 5. The molecule has 134 valence electrons. The van der Waals surface area contributed by atoms with Crippen LogP contribution in [0.3, 0.4) is 0 Å². The lowest BCUT2D eigenvalue weighted by molar-refractivity contribution is -0.120. The van der Waals surface area contributed by atoms with Crippen molar-refractivity contribution in [3.05, 3.63) is 71.3 Å². The van der Waals surface area contributed by atoms with E-state index in [0.29, 0.717) is 31.1 Å². The molecule has 0 saturated carbocycles. The molecule has 2 aromatic heterocycles. The summed E-state index contributed by atoms with van der Waals surface area (Å²) in [5.41, 5.74) is -0.213. The third-order valence-electron chi connectivity index (χ3n) is 3.58. The molecule has 0 radical (unpaired) electrons. The van der Waals surface area contributed by atoms with Gasteiger partial charge in [0.2, 0.25) is 5.91 Å². The summed E-state index contributed by atoms with van der Waals surface area (Å²) in [5, 5.41) is 11.2. The summed E-state index contributed by atoms with van der Waals surface area (Å²) < 4.78 is 2.91. The SMILES string of the molecule is O=C(CCSc1ccccc1)NCCn1nc(-n2cccn2)ccc1=O. The number of aromatic nitrogens is 4. The van der Waals surface area contributed by atoms with E-state index in [4.69, 9.17) is 0 Å².